The Balaban J connectivity index is 2.64. The Bertz CT molecular complexity index is 552. The first-order valence-corrected chi connectivity index (χ1v) is 5.02. The number of non-ortho nitro benzene ring substituents is 1. The minimum atomic E-state index is -0.395. The molecule has 0 amide bonds. The van der Waals surface area contributed by atoms with Crippen LogP contribution in [0.15, 0.2) is 24.4 Å². The van der Waals surface area contributed by atoms with Crippen molar-refractivity contribution in [3.8, 4) is 0 Å². The van der Waals surface area contributed by atoms with Gasteiger partial charge < -0.3 is 0 Å². The summed E-state index contributed by atoms with van der Waals surface area (Å²) in [5.74, 6) is 0. The van der Waals surface area contributed by atoms with E-state index in [4.69, 9.17) is 0 Å². The number of nitro benzene ring substituents is 1. The summed E-state index contributed by atoms with van der Waals surface area (Å²) in [6.45, 7) is 6.13. The summed E-state index contributed by atoms with van der Waals surface area (Å²) in [4.78, 5) is 10.2. The van der Waals surface area contributed by atoms with Gasteiger partial charge in [-0.05, 0) is 26.8 Å². The lowest BCUT2D eigenvalue weighted by Gasteiger charge is -2.20. The molecular weight excluding hydrogens is 206 g/mol. The molecule has 84 valence electrons. The molecule has 0 spiro atoms. The zero-order valence-electron chi connectivity index (χ0n) is 9.47. The van der Waals surface area contributed by atoms with E-state index in [2.05, 4.69) is 5.10 Å². The SMILES string of the molecule is CC(C)(C)n1ncc2cc([N+](=O)[O-])ccc21. The highest BCUT2D eigenvalue weighted by molar-refractivity contribution is 5.81. The van der Waals surface area contributed by atoms with Crippen molar-refractivity contribution in [1.29, 1.82) is 0 Å². The summed E-state index contributed by atoms with van der Waals surface area (Å²) < 4.78 is 1.87. The lowest BCUT2D eigenvalue weighted by atomic mass is 10.1. The van der Waals surface area contributed by atoms with Crippen molar-refractivity contribution in [3.63, 3.8) is 0 Å². The average Bonchev–Trinajstić information content (AvgIpc) is 2.58. The molecule has 0 fully saturated rings. The molecule has 0 aliphatic rings. The third-order valence-corrected chi connectivity index (χ3v) is 2.40. The predicted molar refractivity (Wildman–Crippen MR) is 61.4 cm³/mol. The Labute approximate surface area is 92.8 Å². The van der Waals surface area contributed by atoms with Crippen LogP contribution >= 0.6 is 0 Å². The number of nitrogens with zero attached hydrogens (tertiary/aromatic N) is 3. The molecule has 0 saturated carbocycles. The molecule has 0 N–H and O–H groups in total. The summed E-state index contributed by atoms with van der Waals surface area (Å²) in [5, 5.41) is 15.7. The van der Waals surface area contributed by atoms with Crippen molar-refractivity contribution >= 4 is 16.6 Å². The molecule has 5 nitrogen and oxygen atoms in total. The highest BCUT2D eigenvalue weighted by atomic mass is 16.6. The second-order valence-corrected chi connectivity index (χ2v) is 4.73. The van der Waals surface area contributed by atoms with E-state index < -0.39 is 4.92 Å². The molecule has 1 aromatic heterocycles. The lowest BCUT2D eigenvalue weighted by molar-refractivity contribution is -0.384. The van der Waals surface area contributed by atoms with E-state index >= 15 is 0 Å². The number of hydrogen-bond donors (Lipinski definition) is 0. The van der Waals surface area contributed by atoms with Gasteiger partial charge in [0.15, 0.2) is 0 Å². The number of aromatic nitrogens is 2. The fraction of sp³-hybridized carbons (Fsp3) is 0.364. The van der Waals surface area contributed by atoms with Gasteiger partial charge in [-0.15, -0.1) is 0 Å². The van der Waals surface area contributed by atoms with E-state index in [-0.39, 0.29) is 11.2 Å². The van der Waals surface area contributed by atoms with Gasteiger partial charge in [0.05, 0.1) is 22.2 Å². The van der Waals surface area contributed by atoms with Gasteiger partial charge in [-0.25, -0.2) is 0 Å². The first-order chi connectivity index (χ1) is 7.39. The maximum absolute atomic E-state index is 10.6. The molecule has 1 aromatic carbocycles. The quantitative estimate of drug-likeness (QED) is 0.547. The summed E-state index contributed by atoms with van der Waals surface area (Å²) in [7, 11) is 0. The second kappa shape index (κ2) is 3.30. The zero-order valence-corrected chi connectivity index (χ0v) is 9.47. The number of hydrogen-bond acceptors (Lipinski definition) is 3. The third-order valence-electron chi connectivity index (χ3n) is 2.40. The first-order valence-electron chi connectivity index (χ1n) is 5.02. The molecule has 1 heterocycles. The Morgan fingerprint density at radius 3 is 2.62 bits per heavy atom. The number of rotatable bonds is 1. The maximum Gasteiger partial charge on any atom is 0.270 e. The fourth-order valence-corrected chi connectivity index (χ4v) is 1.67. The van der Waals surface area contributed by atoms with E-state index in [9.17, 15) is 10.1 Å². The number of nitro groups is 1. The van der Waals surface area contributed by atoms with E-state index in [1.807, 2.05) is 25.5 Å². The van der Waals surface area contributed by atoms with Gasteiger partial charge in [-0.2, -0.15) is 5.10 Å². The van der Waals surface area contributed by atoms with Crippen LogP contribution in [-0.2, 0) is 5.54 Å². The van der Waals surface area contributed by atoms with Gasteiger partial charge in [0, 0.05) is 17.5 Å². The van der Waals surface area contributed by atoms with Gasteiger partial charge in [-0.1, -0.05) is 0 Å². The predicted octanol–water partition coefficient (Wildman–Crippen LogP) is 2.70. The van der Waals surface area contributed by atoms with Crippen LogP contribution in [0.5, 0.6) is 0 Å². The zero-order chi connectivity index (χ0) is 11.9. The molecule has 16 heavy (non-hydrogen) atoms. The topological polar surface area (TPSA) is 61.0 Å². The van der Waals surface area contributed by atoms with Gasteiger partial charge in [0.1, 0.15) is 0 Å². The second-order valence-electron chi connectivity index (χ2n) is 4.73. The van der Waals surface area contributed by atoms with Crippen LogP contribution in [0.4, 0.5) is 5.69 Å². The Hall–Kier alpha value is -1.91. The summed E-state index contributed by atoms with van der Waals surface area (Å²) in [6.07, 6.45) is 1.66. The molecule has 0 saturated heterocycles. The maximum atomic E-state index is 10.6. The minimum Gasteiger partial charge on any atom is -0.260 e. The van der Waals surface area contributed by atoms with E-state index in [0.29, 0.717) is 0 Å². The van der Waals surface area contributed by atoms with Crippen LogP contribution in [0.25, 0.3) is 10.9 Å². The summed E-state index contributed by atoms with van der Waals surface area (Å²) in [5.41, 5.74) is 0.886. The molecular formula is C11H13N3O2. The van der Waals surface area contributed by atoms with Gasteiger partial charge >= 0.3 is 0 Å². The Kier molecular flexibility index (Phi) is 2.18. The minimum absolute atomic E-state index is 0.0981. The van der Waals surface area contributed by atoms with Crippen LogP contribution in [0, 0.1) is 10.1 Å². The molecule has 0 aliphatic heterocycles. The third kappa shape index (κ3) is 1.64. The van der Waals surface area contributed by atoms with E-state index in [1.54, 1.807) is 18.3 Å². The summed E-state index contributed by atoms with van der Waals surface area (Å²) >= 11 is 0. The smallest absolute Gasteiger partial charge is 0.260 e. The first kappa shape index (κ1) is 10.6. The van der Waals surface area contributed by atoms with Gasteiger partial charge in [-0.3, -0.25) is 14.8 Å². The highest BCUT2D eigenvalue weighted by Gasteiger charge is 2.18. The van der Waals surface area contributed by atoms with Crippen LogP contribution in [0.1, 0.15) is 20.8 Å². The van der Waals surface area contributed by atoms with Gasteiger partial charge in [0.2, 0.25) is 0 Å². The standard InChI is InChI=1S/C11H13N3O2/c1-11(2,3)13-10-5-4-9(14(15)16)6-8(10)7-12-13/h4-7H,1-3H3. The van der Waals surface area contributed by atoms with Crippen molar-refractivity contribution in [2.24, 2.45) is 0 Å². The van der Waals surface area contributed by atoms with Crippen molar-refractivity contribution in [1.82, 2.24) is 9.78 Å². The molecule has 0 unspecified atom stereocenters. The van der Waals surface area contributed by atoms with E-state index in [1.165, 1.54) is 6.07 Å². The molecule has 0 radical (unpaired) electrons. The number of fused-ring (bicyclic) bond motifs is 1. The monoisotopic (exact) mass is 219 g/mol. The van der Waals surface area contributed by atoms with Crippen molar-refractivity contribution in [2.75, 3.05) is 0 Å². The van der Waals surface area contributed by atoms with Gasteiger partial charge in [0.25, 0.3) is 5.69 Å². The van der Waals surface area contributed by atoms with Crippen LogP contribution in [0.3, 0.4) is 0 Å². The molecule has 2 rings (SSSR count). The highest BCUT2D eigenvalue weighted by Crippen LogP contribution is 2.24. The summed E-state index contributed by atoms with van der Waals surface area (Å²) in [6, 6.07) is 4.79. The van der Waals surface area contributed by atoms with Crippen LogP contribution < -0.4 is 0 Å². The lowest BCUT2D eigenvalue weighted by Crippen LogP contribution is -2.22. The van der Waals surface area contributed by atoms with Crippen LogP contribution in [-0.4, -0.2) is 14.7 Å². The molecule has 0 aliphatic carbocycles. The Morgan fingerprint density at radius 1 is 1.38 bits per heavy atom. The van der Waals surface area contributed by atoms with Crippen molar-refractivity contribution in [2.45, 2.75) is 26.3 Å². The molecule has 5 heteroatoms. The average molecular weight is 219 g/mol. The van der Waals surface area contributed by atoms with Crippen LogP contribution in [0.2, 0.25) is 0 Å². The largest absolute Gasteiger partial charge is 0.270 e. The van der Waals surface area contributed by atoms with E-state index in [0.717, 1.165) is 10.9 Å². The molecule has 0 bridgehead atoms. The number of benzene rings is 1. The normalized spacial score (nSPS) is 11.9. The fourth-order valence-electron chi connectivity index (χ4n) is 1.67. The van der Waals surface area contributed by atoms with Crippen molar-refractivity contribution < 1.29 is 4.92 Å². The van der Waals surface area contributed by atoms with Crippen molar-refractivity contribution in [3.05, 3.63) is 34.5 Å². The Morgan fingerprint density at radius 2 is 2.06 bits per heavy atom. The molecule has 0 atom stereocenters. The molecule has 2 aromatic rings.